The lowest BCUT2D eigenvalue weighted by atomic mass is 9.88. The van der Waals surface area contributed by atoms with E-state index in [0.717, 1.165) is 28.0 Å². The van der Waals surface area contributed by atoms with E-state index < -0.39 is 0 Å². The molecule has 4 aromatic carbocycles. The monoisotopic (exact) mass is 324 g/mol. The molecule has 2 nitrogen and oxygen atoms in total. The summed E-state index contributed by atoms with van der Waals surface area (Å²) in [7, 11) is 5.89. The van der Waals surface area contributed by atoms with Crippen molar-refractivity contribution in [2.75, 3.05) is 0 Å². The van der Waals surface area contributed by atoms with Gasteiger partial charge in [0.05, 0.1) is 0 Å². The fourth-order valence-electron chi connectivity index (χ4n) is 3.45. The smallest absolute Gasteiger partial charge is 0.124 e. The maximum atomic E-state index is 10.6. The molecule has 0 saturated heterocycles. The quantitative estimate of drug-likeness (QED) is 0.536. The van der Waals surface area contributed by atoms with E-state index >= 15 is 0 Å². The number of phenolic OH excluding ortho intramolecular Hbond substituents is 2. The third kappa shape index (κ3) is 2.53. The molecule has 0 heterocycles. The van der Waals surface area contributed by atoms with Crippen LogP contribution in [0, 0.1) is 0 Å². The standard InChI is InChI=1S/C22H17BO2/c1-2-13-3-7-17-14(11-13)4-9-19(24)21(17)22-18-8-6-16(23)12-15(18)5-10-20(22)25/h3-12,24-25H,2H2,1H3. The van der Waals surface area contributed by atoms with Gasteiger partial charge in [-0.2, -0.15) is 0 Å². The van der Waals surface area contributed by atoms with E-state index in [-0.39, 0.29) is 11.5 Å². The predicted octanol–water partition coefficient (Wildman–Crippen LogP) is 4.43. The molecule has 2 radical (unpaired) electrons. The number of aryl methyl sites for hydroxylation is 1. The lowest BCUT2D eigenvalue weighted by Crippen LogP contribution is -2.00. The maximum Gasteiger partial charge on any atom is 0.124 e. The molecule has 4 aromatic rings. The van der Waals surface area contributed by atoms with Crippen LogP contribution in [0.2, 0.25) is 0 Å². The first-order chi connectivity index (χ1) is 12.1. The number of phenols is 2. The molecule has 0 unspecified atom stereocenters. The Morgan fingerprint density at radius 3 is 1.88 bits per heavy atom. The van der Waals surface area contributed by atoms with Crippen LogP contribution in [0.4, 0.5) is 0 Å². The van der Waals surface area contributed by atoms with Crippen LogP contribution in [0.5, 0.6) is 11.5 Å². The SMILES string of the molecule is [B]c1ccc2c(-c3c(O)ccc4cc(CC)ccc34)c(O)ccc2c1. The predicted molar refractivity (Wildman–Crippen MR) is 105 cm³/mol. The highest BCUT2D eigenvalue weighted by molar-refractivity contribution is 6.33. The van der Waals surface area contributed by atoms with E-state index in [4.69, 9.17) is 7.85 Å². The Morgan fingerprint density at radius 2 is 1.28 bits per heavy atom. The van der Waals surface area contributed by atoms with Crippen molar-refractivity contribution in [2.45, 2.75) is 13.3 Å². The van der Waals surface area contributed by atoms with Gasteiger partial charge in [0.25, 0.3) is 0 Å². The van der Waals surface area contributed by atoms with Crippen molar-refractivity contribution in [3.63, 3.8) is 0 Å². The molecule has 25 heavy (non-hydrogen) atoms. The van der Waals surface area contributed by atoms with Gasteiger partial charge in [-0.15, -0.1) is 0 Å². The van der Waals surface area contributed by atoms with Crippen molar-refractivity contribution in [1.29, 1.82) is 0 Å². The zero-order valence-corrected chi connectivity index (χ0v) is 14.0. The second-order valence-corrected chi connectivity index (χ2v) is 6.31. The Balaban J connectivity index is 2.13. The van der Waals surface area contributed by atoms with Gasteiger partial charge in [0.2, 0.25) is 0 Å². The summed E-state index contributed by atoms with van der Waals surface area (Å²) >= 11 is 0. The number of hydrogen-bond donors (Lipinski definition) is 2. The van der Waals surface area contributed by atoms with Crippen molar-refractivity contribution in [3.05, 3.63) is 66.2 Å². The van der Waals surface area contributed by atoms with Crippen LogP contribution in [-0.4, -0.2) is 18.1 Å². The first-order valence-electron chi connectivity index (χ1n) is 8.34. The van der Waals surface area contributed by atoms with Gasteiger partial charge in [-0.05, 0) is 45.7 Å². The molecular formula is C22H17BO2. The summed E-state index contributed by atoms with van der Waals surface area (Å²) in [6.45, 7) is 2.11. The van der Waals surface area contributed by atoms with Crippen LogP contribution in [0.15, 0.2) is 60.7 Å². The number of aromatic hydroxyl groups is 2. The van der Waals surface area contributed by atoms with Gasteiger partial charge < -0.3 is 10.2 Å². The number of benzene rings is 4. The van der Waals surface area contributed by atoms with Crippen LogP contribution in [0.25, 0.3) is 32.7 Å². The topological polar surface area (TPSA) is 40.5 Å². The van der Waals surface area contributed by atoms with Crippen LogP contribution in [-0.2, 0) is 6.42 Å². The van der Waals surface area contributed by atoms with Gasteiger partial charge in [-0.3, -0.25) is 0 Å². The summed E-state index contributed by atoms with van der Waals surface area (Å²) in [5.74, 6) is 0.288. The number of hydrogen-bond acceptors (Lipinski definition) is 2. The van der Waals surface area contributed by atoms with E-state index in [1.165, 1.54) is 5.56 Å². The molecule has 0 aliphatic heterocycles. The van der Waals surface area contributed by atoms with Gasteiger partial charge in [-0.1, -0.05) is 60.9 Å². The first kappa shape index (κ1) is 15.6. The molecule has 0 aromatic heterocycles. The van der Waals surface area contributed by atoms with Crippen molar-refractivity contribution in [3.8, 4) is 22.6 Å². The minimum atomic E-state index is 0.139. The van der Waals surface area contributed by atoms with E-state index in [1.807, 2.05) is 36.4 Å². The molecule has 0 aliphatic carbocycles. The highest BCUT2D eigenvalue weighted by Gasteiger charge is 2.16. The lowest BCUT2D eigenvalue weighted by molar-refractivity contribution is 0.470. The average Bonchev–Trinajstić information content (AvgIpc) is 2.62. The second-order valence-electron chi connectivity index (χ2n) is 6.31. The Hall–Kier alpha value is -2.94. The summed E-state index contributed by atoms with van der Waals surface area (Å²) < 4.78 is 0. The summed E-state index contributed by atoms with van der Waals surface area (Å²) in [4.78, 5) is 0. The molecule has 120 valence electrons. The minimum absolute atomic E-state index is 0.139. The van der Waals surface area contributed by atoms with Gasteiger partial charge >= 0.3 is 0 Å². The molecule has 0 atom stereocenters. The van der Waals surface area contributed by atoms with Crippen LogP contribution >= 0.6 is 0 Å². The Kier molecular flexibility index (Phi) is 3.65. The van der Waals surface area contributed by atoms with Crippen molar-refractivity contribution < 1.29 is 10.2 Å². The molecule has 4 rings (SSSR count). The fourth-order valence-corrected chi connectivity index (χ4v) is 3.45. The highest BCUT2D eigenvalue weighted by Crippen LogP contribution is 2.44. The Labute approximate surface area is 147 Å². The lowest BCUT2D eigenvalue weighted by Gasteiger charge is -2.15. The summed E-state index contributed by atoms with van der Waals surface area (Å²) in [6.07, 6.45) is 0.949. The molecule has 0 spiro atoms. The van der Waals surface area contributed by atoms with Gasteiger partial charge in [0.15, 0.2) is 0 Å². The Morgan fingerprint density at radius 1 is 0.720 bits per heavy atom. The normalized spacial score (nSPS) is 11.2. The number of fused-ring (bicyclic) bond motifs is 2. The third-order valence-corrected chi connectivity index (χ3v) is 4.74. The van der Waals surface area contributed by atoms with Crippen LogP contribution < -0.4 is 5.46 Å². The molecule has 2 N–H and O–H groups in total. The molecular weight excluding hydrogens is 307 g/mol. The highest BCUT2D eigenvalue weighted by atomic mass is 16.3. The first-order valence-corrected chi connectivity index (χ1v) is 8.34. The molecule has 0 bridgehead atoms. The van der Waals surface area contributed by atoms with Crippen molar-refractivity contribution in [1.82, 2.24) is 0 Å². The van der Waals surface area contributed by atoms with Crippen LogP contribution in [0.3, 0.4) is 0 Å². The molecule has 0 aliphatic rings. The zero-order chi connectivity index (χ0) is 17.6. The number of rotatable bonds is 2. The fraction of sp³-hybridized carbons (Fsp3) is 0.0909. The molecule has 3 heteroatoms. The zero-order valence-electron chi connectivity index (χ0n) is 14.0. The largest absolute Gasteiger partial charge is 0.507 e. The van der Waals surface area contributed by atoms with Crippen molar-refractivity contribution in [2.24, 2.45) is 0 Å². The summed E-state index contributed by atoms with van der Waals surface area (Å²) in [5, 5.41) is 24.9. The maximum absolute atomic E-state index is 10.6. The van der Waals surface area contributed by atoms with Gasteiger partial charge in [-0.25, -0.2) is 0 Å². The van der Waals surface area contributed by atoms with Crippen molar-refractivity contribution >= 4 is 34.9 Å². The van der Waals surface area contributed by atoms with Gasteiger partial charge in [0, 0.05) is 11.1 Å². The average molecular weight is 324 g/mol. The Bertz CT molecular complexity index is 1120. The van der Waals surface area contributed by atoms with E-state index in [2.05, 4.69) is 19.1 Å². The van der Waals surface area contributed by atoms with Gasteiger partial charge in [0.1, 0.15) is 19.3 Å². The van der Waals surface area contributed by atoms with E-state index in [0.29, 0.717) is 16.6 Å². The third-order valence-electron chi connectivity index (χ3n) is 4.74. The van der Waals surface area contributed by atoms with E-state index in [1.54, 1.807) is 12.1 Å². The second kappa shape index (κ2) is 5.85. The molecule has 0 fully saturated rings. The summed E-state index contributed by atoms with van der Waals surface area (Å²) in [6, 6.07) is 18.8. The summed E-state index contributed by atoms with van der Waals surface area (Å²) in [5.41, 5.74) is 3.18. The minimum Gasteiger partial charge on any atom is -0.507 e. The van der Waals surface area contributed by atoms with E-state index in [9.17, 15) is 10.2 Å². The molecule has 0 saturated carbocycles. The van der Waals surface area contributed by atoms with Crippen LogP contribution in [0.1, 0.15) is 12.5 Å². The molecule has 0 amide bonds.